The Kier molecular flexibility index (Phi) is 6.48. The molecule has 0 aromatic carbocycles. The normalized spacial score (nSPS) is 47.6. The van der Waals surface area contributed by atoms with E-state index in [0.717, 1.165) is 35.5 Å². The Hall–Kier alpha value is -0.0400. The van der Waals surface area contributed by atoms with Gasteiger partial charge in [-0.2, -0.15) is 0 Å². The van der Waals surface area contributed by atoms with Crippen molar-refractivity contribution in [1.82, 2.24) is 0 Å². The molecule has 0 heterocycles. The van der Waals surface area contributed by atoms with Crippen LogP contribution in [-0.4, -0.2) is 11.7 Å². The molecule has 0 aliphatic heterocycles. The second kappa shape index (κ2) is 8.48. The molecule has 0 aromatic rings. The van der Waals surface area contributed by atoms with E-state index in [0.29, 0.717) is 29.3 Å². The van der Waals surface area contributed by atoms with Gasteiger partial charge in [0.25, 0.3) is 0 Å². The molecule has 0 spiro atoms. The van der Waals surface area contributed by atoms with Gasteiger partial charge in [-0.25, -0.2) is 0 Å². The summed E-state index contributed by atoms with van der Waals surface area (Å²) in [4.78, 5) is 0. The highest BCUT2D eigenvalue weighted by atomic mass is 16.3. The monoisotopic (exact) mass is 402 g/mol. The van der Waals surface area contributed by atoms with Gasteiger partial charge in [0.2, 0.25) is 0 Å². The molecule has 0 aromatic heterocycles. The van der Waals surface area contributed by atoms with Crippen molar-refractivity contribution in [2.75, 3.05) is 6.61 Å². The first-order chi connectivity index (χ1) is 13.8. The first kappa shape index (κ1) is 22.2. The van der Waals surface area contributed by atoms with Gasteiger partial charge < -0.3 is 5.11 Å². The molecule has 4 aliphatic carbocycles. The van der Waals surface area contributed by atoms with Gasteiger partial charge in [0.1, 0.15) is 0 Å². The molecule has 168 valence electrons. The molecular weight excluding hydrogens is 352 g/mol. The van der Waals surface area contributed by atoms with Gasteiger partial charge in [-0.3, -0.25) is 0 Å². The molecule has 4 fully saturated rings. The standard InChI is InChI=1S/C28H50O/c1-19(21(3)18-29)9-10-20(2)24-13-14-25-23-12-11-22-8-6-7-16-27(22,4)26(23)15-17-28(24,25)5/h19-26,29H,6-18H2,1-5H3/t19?,20-,21?,22?,23+,24-,25+,26+,27+,28-/m1/s1. The van der Waals surface area contributed by atoms with Crippen molar-refractivity contribution >= 4 is 0 Å². The zero-order chi connectivity index (χ0) is 20.8. The molecule has 10 atom stereocenters. The second-order valence-corrected chi connectivity index (χ2v) is 12.8. The molecule has 29 heavy (non-hydrogen) atoms. The van der Waals surface area contributed by atoms with Crippen molar-refractivity contribution in [3.63, 3.8) is 0 Å². The lowest BCUT2D eigenvalue weighted by molar-refractivity contribution is -0.114. The molecule has 1 N–H and O–H groups in total. The van der Waals surface area contributed by atoms with Gasteiger partial charge in [0.05, 0.1) is 0 Å². The lowest BCUT2D eigenvalue weighted by Crippen LogP contribution is -2.53. The number of hydrogen-bond donors (Lipinski definition) is 1. The Balaban J connectivity index is 1.44. The van der Waals surface area contributed by atoms with Crippen LogP contribution in [0, 0.1) is 58.2 Å². The third kappa shape index (κ3) is 3.74. The van der Waals surface area contributed by atoms with E-state index in [1.165, 1.54) is 64.2 Å². The minimum Gasteiger partial charge on any atom is -0.396 e. The predicted molar refractivity (Wildman–Crippen MR) is 124 cm³/mol. The Morgan fingerprint density at radius 3 is 2.28 bits per heavy atom. The number of hydrogen-bond acceptors (Lipinski definition) is 1. The maximum absolute atomic E-state index is 9.49. The van der Waals surface area contributed by atoms with Gasteiger partial charge >= 0.3 is 0 Å². The topological polar surface area (TPSA) is 20.2 Å². The third-order valence-electron chi connectivity index (χ3n) is 11.7. The molecule has 0 radical (unpaired) electrons. The van der Waals surface area contributed by atoms with E-state index in [2.05, 4.69) is 34.6 Å². The van der Waals surface area contributed by atoms with E-state index >= 15 is 0 Å². The Labute approximate surface area is 181 Å². The fourth-order valence-electron chi connectivity index (χ4n) is 9.46. The zero-order valence-corrected chi connectivity index (χ0v) is 20.3. The summed E-state index contributed by atoms with van der Waals surface area (Å²) < 4.78 is 0. The molecule has 4 aliphatic rings. The highest BCUT2D eigenvalue weighted by Gasteiger charge is 2.60. The summed E-state index contributed by atoms with van der Waals surface area (Å²) in [6.07, 6.45) is 17.9. The van der Waals surface area contributed by atoms with Gasteiger partial charge in [-0.15, -0.1) is 0 Å². The van der Waals surface area contributed by atoms with Crippen LogP contribution in [0.3, 0.4) is 0 Å². The first-order valence-corrected chi connectivity index (χ1v) is 13.4. The van der Waals surface area contributed by atoms with Crippen LogP contribution < -0.4 is 0 Å². The zero-order valence-electron chi connectivity index (χ0n) is 20.3. The summed E-state index contributed by atoms with van der Waals surface area (Å²) in [6.45, 7) is 12.9. The van der Waals surface area contributed by atoms with E-state index in [4.69, 9.17) is 0 Å². The Morgan fingerprint density at radius 2 is 1.52 bits per heavy atom. The Morgan fingerprint density at radius 1 is 0.759 bits per heavy atom. The van der Waals surface area contributed by atoms with Crippen molar-refractivity contribution in [3.8, 4) is 0 Å². The van der Waals surface area contributed by atoms with E-state index in [1.54, 1.807) is 12.8 Å². The summed E-state index contributed by atoms with van der Waals surface area (Å²) in [5.74, 6) is 7.06. The van der Waals surface area contributed by atoms with Crippen LogP contribution in [0.1, 0.15) is 112 Å². The molecule has 1 nitrogen and oxygen atoms in total. The minimum absolute atomic E-state index is 0.349. The predicted octanol–water partition coefficient (Wildman–Crippen LogP) is 7.72. The van der Waals surface area contributed by atoms with Crippen LogP contribution in [0.4, 0.5) is 0 Å². The summed E-state index contributed by atoms with van der Waals surface area (Å²) in [6, 6.07) is 0. The lowest BCUT2D eigenvalue weighted by atomic mass is 9.44. The van der Waals surface area contributed by atoms with Crippen molar-refractivity contribution in [3.05, 3.63) is 0 Å². The van der Waals surface area contributed by atoms with Crippen molar-refractivity contribution in [2.45, 2.75) is 112 Å². The molecule has 3 unspecified atom stereocenters. The van der Waals surface area contributed by atoms with Crippen molar-refractivity contribution in [2.24, 2.45) is 58.2 Å². The maximum atomic E-state index is 9.49. The van der Waals surface area contributed by atoms with Crippen molar-refractivity contribution < 1.29 is 5.11 Å². The van der Waals surface area contributed by atoms with E-state index in [-0.39, 0.29) is 0 Å². The molecule has 0 saturated heterocycles. The van der Waals surface area contributed by atoms with Crippen LogP contribution in [-0.2, 0) is 0 Å². The summed E-state index contributed by atoms with van der Waals surface area (Å²) in [5.41, 5.74) is 1.30. The fourth-order valence-corrected chi connectivity index (χ4v) is 9.46. The molecule has 0 amide bonds. The average Bonchev–Trinajstić information content (AvgIpc) is 3.08. The van der Waals surface area contributed by atoms with Gasteiger partial charge in [-0.05, 0) is 110 Å². The maximum Gasteiger partial charge on any atom is 0.0459 e. The van der Waals surface area contributed by atoms with Crippen LogP contribution >= 0.6 is 0 Å². The molecule has 0 bridgehead atoms. The second-order valence-electron chi connectivity index (χ2n) is 12.8. The molecule has 1 heteroatoms. The number of aliphatic hydroxyl groups excluding tert-OH is 1. The summed E-state index contributed by atoms with van der Waals surface area (Å²) >= 11 is 0. The molecule has 4 rings (SSSR count). The number of aliphatic hydroxyl groups is 1. The highest BCUT2D eigenvalue weighted by Crippen LogP contribution is 2.68. The quantitative estimate of drug-likeness (QED) is 0.482. The highest BCUT2D eigenvalue weighted by molar-refractivity contribution is 5.09. The lowest BCUT2D eigenvalue weighted by Gasteiger charge is -2.61. The summed E-state index contributed by atoms with van der Waals surface area (Å²) in [5, 5.41) is 9.49. The van der Waals surface area contributed by atoms with Crippen LogP contribution in [0.5, 0.6) is 0 Å². The fraction of sp³-hybridized carbons (Fsp3) is 1.00. The van der Waals surface area contributed by atoms with Crippen LogP contribution in [0.15, 0.2) is 0 Å². The van der Waals surface area contributed by atoms with Crippen molar-refractivity contribution in [1.29, 1.82) is 0 Å². The average molecular weight is 403 g/mol. The SMILES string of the molecule is CC(CO)C(C)CC[C@@H](C)[C@H]1CC[C@H]2[C@@H]3CCC4CCCC[C@]4(C)[C@H]3CC[C@]12C. The minimum atomic E-state index is 0.349. The van der Waals surface area contributed by atoms with Gasteiger partial charge in [0.15, 0.2) is 0 Å². The largest absolute Gasteiger partial charge is 0.396 e. The van der Waals surface area contributed by atoms with Gasteiger partial charge in [0, 0.05) is 6.61 Å². The van der Waals surface area contributed by atoms with E-state index < -0.39 is 0 Å². The van der Waals surface area contributed by atoms with Crippen LogP contribution in [0.25, 0.3) is 0 Å². The van der Waals surface area contributed by atoms with Crippen LogP contribution in [0.2, 0.25) is 0 Å². The smallest absolute Gasteiger partial charge is 0.0459 e. The Bertz CT molecular complexity index is 557. The molecule has 4 saturated carbocycles. The van der Waals surface area contributed by atoms with E-state index in [1.807, 2.05) is 0 Å². The first-order valence-electron chi connectivity index (χ1n) is 13.4. The number of fused-ring (bicyclic) bond motifs is 5. The van der Waals surface area contributed by atoms with Gasteiger partial charge in [-0.1, -0.05) is 60.3 Å². The molecular formula is C28H50O. The summed E-state index contributed by atoms with van der Waals surface area (Å²) in [7, 11) is 0. The van der Waals surface area contributed by atoms with E-state index in [9.17, 15) is 5.11 Å². The number of rotatable bonds is 6. The third-order valence-corrected chi connectivity index (χ3v) is 11.7.